The van der Waals surface area contributed by atoms with Crippen LogP contribution in [-0.4, -0.2) is 23.7 Å². The summed E-state index contributed by atoms with van der Waals surface area (Å²) in [6.45, 7) is 3.14. The molecule has 1 unspecified atom stereocenters. The Morgan fingerprint density at radius 1 is 1.11 bits per heavy atom. The fourth-order valence-electron chi connectivity index (χ4n) is 4.40. The smallest absolute Gasteiger partial charge is 0.127 e. The van der Waals surface area contributed by atoms with Gasteiger partial charge in [0, 0.05) is 34.1 Å². The molecule has 3 aromatic rings. The van der Waals surface area contributed by atoms with Crippen LogP contribution >= 0.6 is 11.6 Å². The van der Waals surface area contributed by atoms with Crippen molar-refractivity contribution in [1.29, 1.82) is 0 Å². The van der Waals surface area contributed by atoms with Crippen LogP contribution in [-0.2, 0) is 16.9 Å². The van der Waals surface area contributed by atoms with Crippen molar-refractivity contribution < 1.29 is 14.2 Å². The van der Waals surface area contributed by atoms with Crippen molar-refractivity contribution in [3.8, 4) is 22.6 Å². The summed E-state index contributed by atoms with van der Waals surface area (Å²) in [5, 5.41) is 0.678. The van der Waals surface area contributed by atoms with Gasteiger partial charge < -0.3 is 19.9 Å². The molecule has 2 aliphatic carbocycles. The summed E-state index contributed by atoms with van der Waals surface area (Å²) in [4.78, 5) is 4.45. The van der Waals surface area contributed by atoms with Crippen LogP contribution in [0.2, 0.25) is 5.02 Å². The lowest BCUT2D eigenvalue weighted by atomic mass is 9.96. The lowest BCUT2D eigenvalue weighted by Crippen LogP contribution is -2.15. The minimum atomic E-state index is -0.370. The maximum atomic E-state index is 6.58. The zero-order valence-corrected chi connectivity index (χ0v) is 21.0. The topological polar surface area (TPSA) is 66.6 Å². The normalized spacial score (nSPS) is 17.1. The minimum absolute atomic E-state index is 0.0964. The molecule has 6 heteroatoms. The van der Waals surface area contributed by atoms with Gasteiger partial charge in [-0.1, -0.05) is 29.8 Å². The first kappa shape index (κ1) is 24.1. The number of rotatable bonds is 12. The van der Waals surface area contributed by atoms with Crippen molar-refractivity contribution in [2.75, 3.05) is 6.54 Å². The fourth-order valence-corrected chi connectivity index (χ4v) is 4.57. The molecule has 2 fully saturated rings. The number of ether oxygens (including phenoxy) is 3. The Morgan fingerprint density at radius 3 is 2.71 bits per heavy atom. The van der Waals surface area contributed by atoms with Crippen LogP contribution in [0.3, 0.4) is 0 Å². The van der Waals surface area contributed by atoms with E-state index < -0.39 is 0 Å². The number of nitrogens with two attached hydrogens (primary N) is 1. The lowest BCUT2D eigenvalue weighted by molar-refractivity contribution is 0.0172. The highest BCUT2D eigenvalue weighted by Crippen LogP contribution is 2.53. The number of aromatic nitrogens is 1. The molecule has 0 bridgehead atoms. The maximum Gasteiger partial charge on any atom is 0.127 e. The van der Waals surface area contributed by atoms with Gasteiger partial charge in [0.25, 0.3) is 0 Å². The predicted octanol–water partition coefficient (Wildman–Crippen LogP) is 6.66. The van der Waals surface area contributed by atoms with Crippen molar-refractivity contribution in [1.82, 2.24) is 4.98 Å². The highest BCUT2D eigenvalue weighted by molar-refractivity contribution is 6.31. The van der Waals surface area contributed by atoms with Gasteiger partial charge in [-0.05, 0) is 87.9 Å². The predicted molar refractivity (Wildman–Crippen MR) is 139 cm³/mol. The number of benzene rings is 2. The van der Waals surface area contributed by atoms with Gasteiger partial charge in [-0.3, -0.25) is 4.98 Å². The standard InChI is InChI=1S/C29H33ClN2O3/c1-20(5-4-15-31)34-23-10-11-27(30)21(17-23)19-33-29(13-14-29)26-18-32-16-12-24(26)25-6-2-3-7-28(25)35-22-8-9-22/h2-3,6-7,10-12,16-18,20,22H,4-5,8-9,13-15,19,31H2,1H3. The molecule has 0 aliphatic heterocycles. The number of hydrogen-bond donors (Lipinski definition) is 1. The molecule has 0 radical (unpaired) electrons. The van der Waals surface area contributed by atoms with Gasteiger partial charge in [0.2, 0.25) is 0 Å². The number of nitrogens with zero attached hydrogens (tertiary/aromatic N) is 1. The van der Waals surface area contributed by atoms with Crippen LogP contribution in [0.4, 0.5) is 0 Å². The summed E-state index contributed by atoms with van der Waals surface area (Å²) >= 11 is 6.53. The SMILES string of the molecule is CC(CCCN)Oc1ccc(Cl)c(COC2(c3cnccc3-c3ccccc3OC3CC3)CC2)c1. The van der Waals surface area contributed by atoms with Gasteiger partial charge in [0.1, 0.15) is 11.5 Å². The van der Waals surface area contributed by atoms with E-state index in [-0.39, 0.29) is 11.7 Å². The molecule has 0 saturated heterocycles. The van der Waals surface area contributed by atoms with Crippen molar-refractivity contribution in [2.24, 2.45) is 5.73 Å². The van der Waals surface area contributed by atoms with E-state index in [1.165, 1.54) is 0 Å². The Labute approximate surface area is 212 Å². The third-order valence-electron chi connectivity index (χ3n) is 6.68. The van der Waals surface area contributed by atoms with E-state index in [0.29, 0.717) is 24.3 Å². The second kappa shape index (κ2) is 10.6. The molecule has 0 spiro atoms. The molecule has 2 saturated carbocycles. The molecule has 1 aromatic heterocycles. The zero-order chi connectivity index (χ0) is 24.3. The van der Waals surface area contributed by atoms with E-state index in [2.05, 4.69) is 36.2 Å². The van der Waals surface area contributed by atoms with Gasteiger partial charge in [-0.15, -0.1) is 0 Å². The molecule has 2 aliphatic rings. The van der Waals surface area contributed by atoms with Gasteiger partial charge >= 0.3 is 0 Å². The number of pyridine rings is 1. The average Bonchev–Trinajstić information content (AvgIpc) is 3.81. The molecule has 2 aromatic carbocycles. The first-order valence-electron chi connectivity index (χ1n) is 12.6. The van der Waals surface area contributed by atoms with E-state index >= 15 is 0 Å². The molecule has 5 rings (SSSR count). The van der Waals surface area contributed by atoms with Crippen LogP contribution in [0.1, 0.15) is 56.6 Å². The number of para-hydroxylation sites is 1. The Morgan fingerprint density at radius 2 is 1.94 bits per heavy atom. The van der Waals surface area contributed by atoms with Gasteiger partial charge in [-0.25, -0.2) is 0 Å². The van der Waals surface area contributed by atoms with Crippen LogP contribution < -0.4 is 15.2 Å². The summed E-state index contributed by atoms with van der Waals surface area (Å²) < 4.78 is 18.9. The second-order valence-corrected chi connectivity index (χ2v) is 10.0. The van der Waals surface area contributed by atoms with Crippen molar-refractivity contribution in [3.63, 3.8) is 0 Å². The first-order valence-corrected chi connectivity index (χ1v) is 13.0. The first-order chi connectivity index (χ1) is 17.1. The van der Waals surface area contributed by atoms with Crippen molar-refractivity contribution >= 4 is 11.6 Å². The highest BCUT2D eigenvalue weighted by atomic mass is 35.5. The third-order valence-corrected chi connectivity index (χ3v) is 7.05. The largest absolute Gasteiger partial charge is 0.491 e. The molecular weight excluding hydrogens is 460 g/mol. The van der Waals surface area contributed by atoms with Crippen molar-refractivity contribution in [3.05, 3.63) is 77.1 Å². The molecule has 5 nitrogen and oxygen atoms in total. The van der Waals surface area contributed by atoms with Crippen LogP contribution in [0, 0.1) is 0 Å². The van der Waals surface area contributed by atoms with Crippen LogP contribution in [0.25, 0.3) is 11.1 Å². The molecule has 1 heterocycles. The Bertz CT molecular complexity index is 1160. The molecule has 0 amide bonds. The maximum absolute atomic E-state index is 6.58. The quantitative estimate of drug-likeness (QED) is 0.306. The van der Waals surface area contributed by atoms with E-state index in [0.717, 1.165) is 72.3 Å². The van der Waals surface area contributed by atoms with Crippen LogP contribution in [0.15, 0.2) is 60.9 Å². The molecule has 184 valence electrons. The minimum Gasteiger partial charge on any atom is -0.491 e. The monoisotopic (exact) mass is 492 g/mol. The van der Waals surface area contributed by atoms with E-state index in [1.54, 1.807) is 0 Å². The Kier molecular flexibility index (Phi) is 7.28. The van der Waals surface area contributed by atoms with E-state index in [4.69, 9.17) is 31.5 Å². The van der Waals surface area contributed by atoms with Gasteiger partial charge in [0.05, 0.1) is 24.4 Å². The summed E-state index contributed by atoms with van der Waals surface area (Å²) in [7, 11) is 0. The second-order valence-electron chi connectivity index (χ2n) is 9.63. The number of halogens is 1. The summed E-state index contributed by atoms with van der Waals surface area (Å²) in [6.07, 6.45) is 10.2. The summed E-state index contributed by atoms with van der Waals surface area (Å²) in [5.74, 6) is 1.73. The molecule has 1 atom stereocenters. The Balaban J connectivity index is 1.34. The summed E-state index contributed by atoms with van der Waals surface area (Å²) in [5.41, 5.74) is 9.49. The molecular formula is C29H33ClN2O3. The Hall–Kier alpha value is -2.60. The van der Waals surface area contributed by atoms with E-state index in [9.17, 15) is 0 Å². The third kappa shape index (κ3) is 5.80. The lowest BCUT2D eigenvalue weighted by Gasteiger charge is -2.22. The van der Waals surface area contributed by atoms with Gasteiger partial charge in [-0.2, -0.15) is 0 Å². The molecule has 35 heavy (non-hydrogen) atoms. The fraction of sp³-hybridized carbons (Fsp3) is 0.414. The number of hydrogen-bond acceptors (Lipinski definition) is 5. The average molecular weight is 493 g/mol. The zero-order valence-electron chi connectivity index (χ0n) is 20.2. The van der Waals surface area contributed by atoms with Crippen LogP contribution in [0.5, 0.6) is 11.5 Å². The molecule has 2 N–H and O–H groups in total. The van der Waals surface area contributed by atoms with E-state index in [1.807, 2.05) is 36.7 Å². The summed E-state index contributed by atoms with van der Waals surface area (Å²) in [6, 6.07) is 16.1. The van der Waals surface area contributed by atoms with Crippen molar-refractivity contribution in [2.45, 2.75) is 69.9 Å². The highest BCUT2D eigenvalue weighted by Gasteiger charge is 2.47. The van der Waals surface area contributed by atoms with Gasteiger partial charge in [0.15, 0.2) is 0 Å².